The summed E-state index contributed by atoms with van der Waals surface area (Å²) in [5, 5.41) is 6.57. The number of fused-ring (bicyclic) bond motifs is 1. The number of nitrogens with zero attached hydrogens (tertiary/aromatic N) is 7. The van der Waals surface area contributed by atoms with Crippen LogP contribution in [-0.4, -0.2) is 86.4 Å². The molecule has 0 N–H and O–H groups in total. The van der Waals surface area contributed by atoms with Crippen LogP contribution in [0.3, 0.4) is 0 Å². The molecule has 218 valence electrons. The van der Waals surface area contributed by atoms with Crippen molar-refractivity contribution in [3.8, 4) is 21.8 Å². The highest BCUT2D eigenvalue weighted by molar-refractivity contribution is 7.13. The van der Waals surface area contributed by atoms with Crippen LogP contribution in [0, 0.1) is 0 Å². The maximum Gasteiger partial charge on any atom is 0.219 e. The third-order valence-electron chi connectivity index (χ3n) is 7.83. The zero-order chi connectivity index (χ0) is 28.2. The van der Waals surface area contributed by atoms with Crippen LogP contribution in [0.4, 0.5) is 5.82 Å². The van der Waals surface area contributed by atoms with E-state index in [2.05, 4.69) is 41.7 Å². The lowest BCUT2D eigenvalue weighted by molar-refractivity contribution is -0.129. The van der Waals surface area contributed by atoms with Crippen molar-refractivity contribution < 1.29 is 9.59 Å². The third kappa shape index (κ3) is 6.65. The highest BCUT2D eigenvalue weighted by Crippen LogP contribution is 2.30. The highest BCUT2D eigenvalue weighted by atomic mass is 32.1. The Bertz CT molecular complexity index is 1470. The maximum absolute atomic E-state index is 13.6. The molecule has 41 heavy (non-hydrogen) atoms. The Morgan fingerprint density at radius 3 is 2.46 bits per heavy atom. The van der Waals surface area contributed by atoms with Gasteiger partial charge in [0.05, 0.1) is 28.0 Å². The monoisotopic (exact) mass is 575 g/mol. The van der Waals surface area contributed by atoms with E-state index in [9.17, 15) is 9.59 Å². The normalized spacial score (nSPS) is 14.4. The predicted molar refractivity (Wildman–Crippen MR) is 167 cm³/mol. The van der Waals surface area contributed by atoms with Gasteiger partial charge < -0.3 is 14.7 Å². The number of ketones is 1. The second-order valence-electron chi connectivity index (χ2n) is 10.2. The van der Waals surface area contributed by atoms with Crippen LogP contribution in [0.25, 0.3) is 27.5 Å². The van der Waals surface area contributed by atoms with E-state index >= 15 is 0 Å². The molecule has 0 radical (unpaired) electrons. The molecule has 0 bridgehead atoms. The number of carbonyl (C=O) groups is 2. The number of hydrogen-bond donors (Lipinski definition) is 0. The first-order chi connectivity index (χ1) is 19.4. The summed E-state index contributed by atoms with van der Waals surface area (Å²) in [6.45, 7) is 12.6. The van der Waals surface area contributed by atoms with E-state index in [4.69, 9.17) is 9.97 Å². The first kappa shape index (κ1) is 30.3. The van der Waals surface area contributed by atoms with E-state index in [1.54, 1.807) is 29.0 Å². The molecule has 4 aromatic rings. The second-order valence-corrected chi connectivity index (χ2v) is 11.2. The summed E-state index contributed by atoms with van der Waals surface area (Å²) in [7, 11) is 0. The molecule has 0 saturated carbocycles. The Morgan fingerprint density at radius 2 is 1.80 bits per heavy atom. The SMILES string of the molecule is C.CCN(CC)[C@@H](C)CCC(=O)c1cc(-c2cnn3ccc(-c4cccs4)nc23)nc(N2CCN(C(C)=O)CC2)c1. The van der Waals surface area contributed by atoms with Crippen molar-refractivity contribution in [3.63, 3.8) is 0 Å². The molecule has 0 aliphatic carbocycles. The Kier molecular flexibility index (Phi) is 9.88. The summed E-state index contributed by atoms with van der Waals surface area (Å²) in [6, 6.07) is 10.1. The van der Waals surface area contributed by atoms with Crippen LogP contribution < -0.4 is 4.90 Å². The molecule has 1 aliphatic rings. The predicted octanol–water partition coefficient (Wildman–Crippen LogP) is 5.52. The van der Waals surface area contributed by atoms with Crippen molar-refractivity contribution in [2.75, 3.05) is 44.2 Å². The number of aromatic nitrogens is 4. The van der Waals surface area contributed by atoms with E-state index in [0.717, 1.165) is 41.5 Å². The van der Waals surface area contributed by atoms with E-state index in [0.29, 0.717) is 55.5 Å². The number of rotatable bonds is 10. The minimum Gasteiger partial charge on any atom is -0.353 e. The van der Waals surface area contributed by atoms with Gasteiger partial charge in [0.2, 0.25) is 5.91 Å². The van der Waals surface area contributed by atoms with E-state index < -0.39 is 0 Å². The average Bonchev–Trinajstić information content (AvgIpc) is 3.66. The van der Waals surface area contributed by atoms with Gasteiger partial charge in [0.15, 0.2) is 11.4 Å². The Morgan fingerprint density at radius 1 is 1.05 bits per heavy atom. The van der Waals surface area contributed by atoms with Crippen molar-refractivity contribution in [2.24, 2.45) is 0 Å². The molecule has 5 rings (SSSR count). The standard InChI is InChI=1S/C30H37N7O2S.CH4/c1-5-34(6-2)21(3)9-10-27(39)23-18-26(32-29(19-23)36-15-13-35(14-16-36)22(4)38)24-20-31-37-12-11-25(33-30(24)37)28-8-7-17-40-28;/h7-8,11-12,17-21H,5-6,9-10,13-16H2,1-4H3;1H4/t21-;/m0./s1. The fraction of sp³-hybridized carbons (Fsp3) is 0.452. The topological polar surface area (TPSA) is 86.9 Å². The minimum absolute atomic E-state index is 0. The van der Waals surface area contributed by atoms with Crippen molar-refractivity contribution in [2.45, 2.75) is 54.0 Å². The van der Waals surface area contributed by atoms with Crippen LogP contribution >= 0.6 is 11.3 Å². The van der Waals surface area contributed by atoms with Gasteiger partial charge in [0.25, 0.3) is 0 Å². The zero-order valence-corrected chi connectivity index (χ0v) is 24.5. The molecule has 10 heteroatoms. The Hall–Kier alpha value is -3.63. The average molecular weight is 576 g/mol. The molecule has 5 heterocycles. The minimum atomic E-state index is 0. The van der Waals surface area contributed by atoms with Crippen molar-refractivity contribution >= 4 is 34.5 Å². The van der Waals surface area contributed by atoms with E-state index in [1.807, 2.05) is 40.7 Å². The maximum atomic E-state index is 13.6. The first-order valence-corrected chi connectivity index (χ1v) is 14.9. The first-order valence-electron chi connectivity index (χ1n) is 14.1. The molecule has 0 spiro atoms. The van der Waals surface area contributed by atoms with Crippen LogP contribution in [0.15, 0.2) is 48.1 Å². The number of pyridine rings is 1. The fourth-order valence-corrected chi connectivity index (χ4v) is 6.05. The lowest BCUT2D eigenvalue weighted by Gasteiger charge is -2.35. The van der Waals surface area contributed by atoms with Gasteiger partial charge >= 0.3 is 0 Å². The molecule has 1 amide bonds. The highest BCUT2D eigenvalue weighted by Gasteiger charge is 2.23. The van der Waals surface area contributed by atoms with Gasteiger partial charge in [-0.15, -0.1) is 11.3 Å². The molecule has 9 nitrogen and oxygen atoms in total. The number of thiophene rings is 1. The van der Waals surface area contributed by atoms with Crippen molar-refractivity contribution in [1.29, 1.82) is 0 Å². The van der Waals surface area contributed by atoms with Gasteiger partial charge in [-0.1, -0.05) is 27.3 Å². The lowest BCUT2D eigenvalue weighted by Crippen LogP contribution is -2.48. The van der Waals surface area contributed by atoms with Crippen molar-refractivity contribution in [1.82, 2.24) is 29.4 Å². The number of amides is 1. The van der Waals surface area contributed by atoms with Crippen LogP contribution in [0.5, 0.6) is 0 Å². The molecular weight excluding hydrogens is 534 g/mol. The molecular formula is C31H41N7O2S. The second kappa shape index (κ2) is 13.4. The van der Waals surface area contributed by atoms with Crippen LogP contribution in [-0.2, 0) is 4.79 Å². The summed E-state index contributed by atoms with van der Waals surface area (Å²) >= 11 is 1.64. The number of piperazine rings is 1. The molecule has 1 fully saturated rings. The Labute approximate surface area is 246 Å². The molecule has 0 aromatic carbocycles. The van der Waals surface area contributed by atoms with Gasteiger partial charge in [0, 0.05) is 57.3 Å². The van der Waals surface area contributed by atoms with Gasteiger partial charge in [-0.25, -0.2) is 14.5 Å². The van der Waals surface area contributed by atoms with Gasteiger partial charge in [0.1, 0.15) is 5.82 Å². The Balaban J connectivity index is 0.00000387. The molecule has 4 aromatic heterocycles. The summed E-state index contributed by atoms with van der Waals surface area (Å²) in [6.07, 6.45) is 4.95. The summed E-state index contributed by atoms with van der Waals surface area (Å²) in [5.41, 5.74) is 3.69. The lowest BCUT2D eigenvalue weighted by atomic mass is 10.0. The van der Waals surface area contributed by atoms with Crippen LogP contribution in [0.1, 0.15) is 58.3 Å². The van der Waals surface area contributed by atoms with Gasteiger partial charge in [-0.2, -0.15) is 5.10 Å². The van der Waals surface area contributed by atoms with Crippen LogP contribution in [0.2, 0.25) is 0 Å². The zero-order valence-electron chi connectivity index (χ0n) is 23.7. The number of hydrogen-bond acceptors (Lipinski definition) is 8. The molecule has 1 atom stereocenters. The molecule has 1 saturated heterocycles. The van der Waals surface area contributed by atoms with E-state index in [-0.39, 0.29) is 19.1 Å². The quantitative estimate of drug-likeness (QED) is 0.230. The molecule has 0 unspecified atom stereocenters. The number of carbonyl (C=O) groups excluding carboxylic acids is 2. The summed E-state index contributed by atoms with van der Waals surface area (Å²) in [4.78, 5) is 42.8. The number of anilines is 1. The summed E-state index contributed by atoms with van der Waals surface area (Å²) in [5.74, 6) is 0.933. The summed E-state index contributed by atoms with van der Waals surface area (Å²) < 4.78 is 1.75. The third-order valence-corrected chi connectivity index (χ3v) is 8.72. The molecule has 1 aliphatic heterocycles. The number of Topliss-reactive ketones (excluding diaryl/α,β-unsaturated/α-hetero) is 1. The van der Waals surface area contributed by atoms with Gasteiger partial charge in [-0.05, 0) is 56.1 Å². The smallest absolute Gasteiger partial charge is 0.219 e. The fourth-order valence-electron chi connectivity index (χ4n) is 5.35. The van der Waals surface area contributed by atoms with Gasteiger partial charge in [-0.3, -0.25) is 9.59 Å². The largest absolute Gasteiger partial charge is 0.353 e. The van der Waals surface area contributed by atoms with E-state index in [1.165, 1.54) is 0 Å². The van der Waals surface area contributed by atoms with Crippen molar-refractivity contribution in [3.05, 3.63) is 53.7 Å².